The largest absolute Gasteiger partial charge is 0.314 e. The second-order valence-corrected chi connectivity index (χ2v) is 4.57. The van der Waals surface area contributed by atoms with Gasteiger partial charge in [0.05, 0.1) is 12.5 Å². The SMILES string of the molecule is Cc1ccc([C@@H](CC#N)N2CCNCC2)cc1. The summed E-state index contributed by atoms with van der Waals surface area (Å²) < 4.78 is 0. The molecule has 0 aliphatic carbocycles. The molecule has 0 radical (unpaired) electrons. The van der Waals surface area contributed by atoms with Crippen LogP contribution in [-0.2, 0) is 0 Å². The summed E-state index contributed by atoms with van der Waals surface area (Å²) in [6.07, 6.45) is 0.572. The maximum Gasteiger partial charge on any atom is 0.0641 e. The highest BCUT2D eigenvalue weighted by molar-refractivity contribution is 5.25. The third-order valence-electron chi connectivity index (χ3n) is 3.34. The fraction of sp³-hybridized carbons (Fsp3) is 0.500. The van der Waals surface area contributed by atoms with Gasteiger partial charge in [-0.3, -0.25) is 4.90 Å². The van der Waals surface area contributed by atoms with Crippen molar-refractivity contribution in [1.82, 2.24) is 10.2 Å². The molecule has 0 aromatic heterocycles. The van der Waals surface area contributed by atoms with Crippen LogP contribution in [0.25, 0.3) is 0 Å². The number of benzene rings is 1. The molecule has 1 saturated heterocycles. The number of nitrogens with zero attached hydrogens (tertiary/aromatic N) is 2. The number of piperazine rings is 1. The van der Waals surface area contributed by atoms with Gasteiger partial charge in [0.15, 0.2) is 0 Å². The van der Waals surface area contributed by atoms with Crippen LogP contribution in [0.4, 0.5) is 0 Å². The maximum absolute atomic E-state index is 8.99. The highest BCUT2D eigenvalue weighted by Gasteiger charge is 2.21. The highest BCUT2D eigenvalue weighted by atomic mass is 15.2. The Morgan fingerprint density at radius 2 is 1.94 bits per heavy atom. The molecule has 0 saturated carbocycles. The number of hydrogen-bond donors (Lipinski definition) is 1. The second kappa shape index (κ2) is 5.81. The Hall–Kier alpha value is -1.37. The van der Waals surface area contributed by atoms with Gasteiger partial charge in [-0.25, -0.2) is 0 Å². The molecular weight excluding hydrogens is 210 g/mol. The van der Waals surface area contributed by atoms with E-state index in [0.29, 0.717) is 6.42 Å². The van der Waals surface area contributed by atoms with E-state index in [4.69, 9.17) is 5.26 Å². The second-order valence-electron chi connectivity index (χ2n) is 4.57. The molecule has 0 unspecified atom stereocenters. The predicted octanol–water partition coefficient (Wildman–Crippen LogP) is 1.85. The first-order chi connectivity index (χ1) is 8.31. The molecule has 1 atom stereocenters. The number of nitriles is 1. The minimum atomic E-state index is 0.252. The van der Waals surface area contributed by atoms with Crippen LogP contribution in [0.15, 0.2) is 24.3 Å². The molecular formula is C14H19N3. The van der Waals surface area contributed by atoms with Crippen LogP contribution in [0.5, 0.6) is 0 Å². The topological polar surface area (TPSA) is 39.1 Å². The van der Waals surface area contributed by atoms with Gasteiger partial charge < -0.3 is 5.32 Å². The molecule has 17 heavy (non-hydrogen) atoms. The molecule has 1 aliphatic heterocycles. The Kier molecular flexibility index (Phi) is 4.13. The number of nitrogens with one attached hydrogen (secondary N) is 1. The molecule has 1 N–H and O–H groups in total. The highest BCUT2D eigenvalue weighted by Crippen LogP contribution is 2.24. The molecule has 0 bridgehead atoms. The van der Waals surface area contributed by atoms with Gasteiger partial charge in [0.1, 0.15) is 0 Å². The fourth-order valence-electron chi connectivity index (χ4n) is 2.33. The van der Waals surface area contributed by atoms with Gasteiger partial charge in [-0.05, 0) is 12.5 Å². The van der Waals surface area contributed by atoms with E-state index < -0.39 is 0 Å². The van der Waals surface area contributed by atoms with E-state index in [1.165, 1.54) is 11.1 Å². The van der Waals surface area contributed by atoms with Crippen molar-refractivity contribution in [1.29, 1.82) is 5.26 Å². The molecule has 2 rings (SSSR count). The molecule has 3 nitrogen and oxygen atoms in total. The first kappa shape index (κ1) is 12.1. The normalized spacial score (nSPS) is 18.6. The monoisotopic (exact) mass is 229 g/mol. The Balaban J connectivity index is 2.15. The summed E-state index contributed by atoms with van der Waals surface area (Å²) >= 11 is 0. The van der Waals surface area contributed by atoms with Gasteiger partial charge in [-0.15, -0.1) is 0 Å². The minimum absolute atomic E-state index is 0.252. The number of hydrogen-bond acceptors (Lipinski definition) is 3. The van der Waals surface area contributed by atoms with Crippen molar-refractivity contribution in [3.63, 3.8) is 0 Å². The van der Waals surface area contributed by atoms with Crippen LogP contribution in [0, 0.1) is 18.3 Å². The first-order valence-electron chi connectivity index (χ1n) is 6.19. The minimum Gasteiger partial charge on any atom is -0.314 e. The van der Waals surface area contributed by atoms with Gasteiger partial charge in [0.2, 0.25) is 0 Å². The van der Waals surface area contributed by atoms with Crippen molar-refractivity contribution < 1.29 is 0 Å². The Labute approximate surface area is 103 Å². The maximum atomic E-state index is 8.99. The van der Waals surface area contributed by atoms with Crippen molar-refractivity contribution in [2.45, 2.75) is 19.4 Å². The molecule has 1 fully saturated rings. The van der Waals surface area contributed by atoms with Crippen molar-refractivity contribution in [2.75, 3.05) is 26.2 Å². The van der Waals surface area contributed by atoms with E-state index in [9.17, 15) is 0 Å². The molecule has 1 aliphatic rings. The van der Waals surface area contributed by atoms with Crippen LogP contribution < -0.4 is 5.32 Å². The zero-order chi connectivity index (χ0) is 12.1. The van der Waals surface area contributed by atoms with E-state index in [1.807, 2.05) is 0 Å². The smallest absolute Gasteiger partial charge is 0.0641 e. The quantitative estimate of drug-likeness (QED) is 0.860. The van der Waals surface area contributed by atoms with E-state index >= 15 is 0 Å². The average molecular weight is 229 g/mol. The molecule has 0 amide bonds. The van der Waals surface area contributed by atoms with Gasteiger partial charge in [0, 0.05) is 32.2 Å². The lowest BCUT2D eigenvalue weighted by Crippen LogP contribution is -2.45. The van der Waals surface area contributed by atoms with Crippen molar-refractivity contribution >= 4 is 0 Å². The fourth-order valence-corrected chi connectivity index (χ4v) is 2.33. The predicted molar refractivity (Wildman–Crippen MR) is 68.6 cm³/mol. The van der Waals surface area contributed by atoms with Gasteiger partial charge in [0.25, 0.3) is 0 Å². The van der Waals surface area contributed by atoms with Crippen molar-refractivity contribution in [3.05, 3.63) is 35.4 Å². The summed E-state index contributed by atoms with van der Waals surface area (Å²) in [5.41, 5.74) is 2.53. The standard InChI is InChI=1S/C14H19N3/c1-12-2-4-13(5-3-12)14(6-7-15)17-10-8-16-9-11-17/h2-5,14,16H,6,8-11H2,1H3/t14-/m1/s1. The molecule has 1 heterocycles. The lowest BCUT2D eigenvalue weighted by atomic mass is 10.0. The molecule has 90 valence electrons. The van der Waals surface area contributed by atoms with Crippen LogP contribution in [0.1, 0.15) is 23.6 Å². The Bertz CT molecular complexity index is 385. The third kappa shape index (κ3) is 3.06. The zero-order valence-corrected chi connectivity index (χ0v) is 10.3. The Morgan fingerprint density at radius 3 is 2.53 bits per heavy atom. The van der Waals surface area contributed by atoms with Crippen molar-refractivity contribution in [3.8, 4) is 6.07 Å². The Morgan fingerprint density at radius 1 is 1.29 bits per heavy atom. The van der Waals surface area contributed by atoms with E-state index in [0.717, 1.165) is 26.2 Å². The number of rotatable bonds is 3. The molecule has 3 heteroatoms. The van der Waals surface area contributed by atoms with E-state index in [2.05, 4.69) is 47.5 Å². The number of aryl methyl sites for hydroxylation is 1. The summed E-state index contributed by atoms with van der Waals surface area (Å²) in [4.78, 5) is 2.41. The lowest BCUT2D eigenvalue weighted by Gasteiger charge is -2.34. The van der Waals surface area contributed by atoms with E-state index in [1.54, 1.807) is 0 Å². The average Bonchev–Trinajstić information content (AvgIpc) is 2.38. The zero-order valence-electron chi connectivity index (χ0n) is 10.3. The van der Waals surface area contributed by atoms with Gasteiger partial charge >= 0.3 is 0 Å². The van der Waals surface area contributed by atoms with Crippen molar-refractivity contribution in [2.24, 2.45) is 0 Å². The molecule has 0 spiro atoms. The summed E-state index contributed by atoms with van der Waals surface area (Å²) in [6.45, 7) is 6.19. The lowest BCUT2D eigenvalue weighted by molar-refractivity contribution is 0.175. The summed E-state index contributed by atoms with van der Waals surface area (Å²) in [5.74, 6) is 0. The van der Waals surface area contributed by atoms with Gasteiger partial charge in [-0.1, -0.05) is 29.8 Å². The summed E-state index contributed by atoms with van der Waals surface area (Å²) in [5, 5.41) is 12.3. The van der Waals surface area contributed by atoms with Crippen LogP contribution in [0.2, 0.25) is 0 Å². The molecule has 1 aromatic rings. The first-order valence-corrected chi connectivity index (χ1v) is 6.19. The summed E-state index contributed by atoms with van der Waals surface area (Å²) in [7, 11) is 0. The summed E-state index contributed by atoms with van der Waals surface area (Å²) in [6, 6.07) is 11.1. The van der Waals surface area contributed by atoms with Crippen LogP contribution in [0.3, 0.4) is 0 Å². The van der Waals surface area contributed by atoms with Crippen LogP contribution in [-0.4, -0.2) is 31.1 Å². The van der Waals surface area contributed by atoms with E-state index in [-0.39, 0.29) is 6.04 Å². The molecule has 1 aromatic carbocycles. The van der Waals surface area contributed by atoms with Gasteiger partial charge in [-0.2, -0.15) is 5.26 Å². The third-order valence-corrected chi connectivity index (χ3v) is 3.34. The van der Waals surface area contributed by atoms with Crippen LogP contribution >= 0.6 is 0 Å².